The van der Waals surface area contributed by atoms with Crippen molar-refractivity contribution in [2.75, 3.05) is 0 Å². The van der Waals surface area contributed by atoms with Gasteiger partial charge >= 0.3 is 11.9 Å². The van der Waals surface area contributed by atoms with E-state index in [1.54, 1.807) is 12.1 Å². The van der Waals surface area contributed by atoms with E-state index in [9.17, 15) is 14.4 Å². The van der Waals surface area contributed by atoms with Crippen LogP contribution in [0.3, 0.4) is 0 Å². The highest BCUT2D eigenvalue weighted by molar-refractivity contribution is 6.15. The summed E-state index contributed by atoms with van der Waals surface area (Å²) in [6, 6.07) is 4.73. The predicted octanol–water partition coefficient (Wildman–Crippen LogP) is 0.938. The highest BCUT2D eigenvalue weighted by Gasteiger charge is 2.31. The molecule has 0 saturated heterocycles. The lowest BCUT2D eigenvalue weighted by atomic mass is 10.0. The van der Waals surface area contributed by atoms with Crippen LogP contribution in [0, 0.1) is 11.8 Å². The number of benzene rings is 1. The monoisotopic (exact) mass is 214 g/mol. The molecular formula is C12H6O4. The molecule has 16 heavy (non-hydrogen) atoms. The molecule has 1 aromatic rings. The molecule has 0 amide bonds. The number of aldehydes is 1. The van der Waals surface area contributed by atoms with Crippen LogP contribution in [-0.4, -0.2) is 18.2 Å². The lowest BCUT2D eigenvalue weighted by Crippen LogP contribution is -1.98. The van der Waals surface area contributed by atoms with Crippen molar-refractivity contribution in [2.24, 2.45) is 0 Å². The maximum atomic E-state index is 11.3. The number of carbonyl (C=O) groups is 3. The first-order valence-electron chi connectivity index (χ1n) is 4.56. The van der Waals surface area contributed by atoms with Gasteiger partial charge in [-0.15, -0.1) is 0 Å². The molecule has 78 valence electrons. The van der Waals surface area contributed by atoms with Crippen molar-refractivity contribution in [1.29, 1.82) is 0 Å². The highest BCUT2D eigenvalue weighted by Crippen LogP contribution is 2.22. The minimum atomic E-state index is -0.684. The quantitative estimate of drug-likeness (QED) is 0.302. The van der Waals surface area contributed by atoms with Gasteiger partial charge in [0.1, 0.15) is 6.29 Å². The molecule has 4 heteroatoms. The number of fused-ring (bicyclic) bond motifs is 1. The Bertz CT molecular complexity index is 546. The summed E-state index contributed by atoms with van der Waals surface area (Å²) in [6.45, 7) is 0. The lowest BCUT2D eigenvalue weighted by Gasteiger charge is -1.95. The maximum absolute atomic E-state index is 11.3. The molecule has 2 rings (SSSR count). The molecule has 0 spiro atoms. The molecule has 4 nitrogen and oxygen atoms in total. The van der Waals surface area contributed by atoms with Gasteiger partial charge in [0, 0.05) is 5.56 Å². The molecule has 0 aromatic heterocycles. The first-order chi connectivity index (χ1) is 7.74. The second-order valence-electron chi connectivity index (χ2n) is 3.08. The van der Waals surface area contributed by atoms with Gasteiger partial charge in [-0.3, -0.25) is 0 Å². The Morgan fingerprint density at radius 1 is 1.25 bits per heavy atom. The summed E-state index contributed by atoms with van der Waals surface area (Å²) in [6.07, 6.45) is 0.756. The molecule has 0 atom stereocenters. The van der Waals surface area contributed by atoms with Gasteiger partial charge < -0.3 is 9.53 Å². The third kappa shape index (κ3) is 1.59. The average Bonchev–Trinajstić information content (AvgIpc) is 2.56. The fourth-order valence-electron chi connectivity index (χ4n) is 1.42. The Morgan fingerprint density at radius 2 is 2.06 bits per heavy atom. The Hall–Kier alpha value is -2.41. The Labute approximate surface area is 91.2 Å². The third-order valence-corrected chi connectivity index (χ3v) is 2.08. The molecule has 0 unspecified atom stereocenters. The molecule has 0 saturated carbocycles. The van der Waals surface area contributed by atoms with E-state index < -0.39 is 11.9 Å². The molecule has 1 aliphatic rings. The van der Waals surface area contributed by atoms with Crippen LogP contribution in [0.15, 0.2) is 18.2 Å². The van der Waals surface area contributed by atoms with Crippen molar-refractivity contribution < 1.29 is 19.1 Å². The van der Waals surface area contributed by atoms with E-state index in [1.807, 2.05) is 0 Å². The zero-order valence-electron chi connectivity index (χ0n) is 8.15. The Morgan fingerprint density at radius 3 is 2.81 bits per heavy atom. The summed E-state index contributed by atoms with van der Waals surface area (Å²) in [5.41, 5.74) is 0.823. The van der Waals surface area contributed by atoms with Crippen molar-refractivity contribution >= 4 is 18.2 Å². The number of ether oxygens (including phenoxy) is 1. The summed E-state index contributed by atoms with van der Waals surface area (Å²) >= 11 is 0. The SMILES string of the molecule is O=CCC#Cc1cccc2c1C(=O)OC2=O. The van der Waals surface area contributed by atoms with Gasteiger partial charge in [0.15, 0.2) is 0 Å². The number of rotatable bonds is 1. The fourth-order valence-corrected chi connectivity index (χ4v) is 1.42. The summed E-state index contributed by atoms with van der Waals surface area (Å²) < 4.78 is 4.46. The van der Waals surface area contributed by atoms with Crippen LogP contribution in [0.2, 0.25) is 0 Å². The van der Waals surface area contributed by atoms with Crippen molar-refractivity contribution in [3.8, 4) is 11.8 Å². The summed E-state index contributed by atoms with van der Waals surface area (Å²) in [5, 5.41) is 0. The van der Waals surface area contributed by atoms with E-state index in [1.165, 1.54) is 6.07 Å². The Kier molecular flexibility index (Phi) is 2.52. The maximum Gasteiger partial charge on any atom is 0.348 e. The second-order valence-corrected chi connectivity index (χ2v) is 3.08. The van der Waals surface area contributed by atoms with Gasteiger partial charge in [-0.2, -0.15) is 0 Å². The van der Waals surface area contributed by atoms with Gasteiger partial charge in [0.25, 0.3) is 0 Å². The predicted molar refractivity (Wildman–Crippen MR) is 53.7 cm³/mol. The molecule has 0 aliphatic carbocycles. The van der Waals surface area contributed by atoms with Crippen LogP contribution in [0.25, 0.3) is 0 Å². The average molecular weight is 214 g/mol. The third-order valence-electron chi connectivity index (χ3n) is 2.08. The minimum absolute atomic E-state index is 0.0899. The van der Waals surface area contributed by atoms with Crippen molar-refractivity contribution in [3.63, 3.8) is 0 Å². The molecule has 0 N–H and O–H groups in total. The van der Waals surface area contributed by atoms with E-state index >= 15 is 0 Å². The van der Waals surface area contributed by atoms with Gasteiger partial charge in [-0.25, -0.2) is 9.59 Å². The van der Waals surface area contributed by atoms with Crippen molar-refractivity contribution in [2.45, 2.75) is 6.42 Å². The number of esters is 2. The number of carbonyl (C=O) groups excluding carboxylic acids is 3. The molecule has 0 bridgehead atoms. The van der Waals surface area contributed by atoms with Gasteiger partial charge in [-0.05, 0) is 12.1 Å². The van der Waals surface area contributed by atoms with Crippen LogP contribution in [-0.2, 0) is 9.53 Å². The van der Waals surface area contributed by atoms with E-state index in [2.05, 4.69) is 16.6 Å². The Balaban J connectivity index is 2.50. The minimum Gasteiger partial charge on any atom is -0.386 e. The lowest BCUT2D eigenvalue weighted by molar-refractivity contribution is -0.107. The van der Waals surface area contributed by atoms with E-state index in [0.717, 1.165) is 0 Å². The van der Waals surface area contributed by atoms with E-state index in [4.69, 9.17) is 0 Å². The second kappa shape index (κ2) is 3.99. The number of hydrogen-bond acceptors (Lipinski definition) is 4. The van der Waals surface area contributed by atoms with Gasteiger partial charge in [0.2, 0.25) is 0 Å². The summed E-state index contributed by atoms with van der Waals surface area (Å²) in [5.74, 6) is 3.90. The zero-order chi connectivity index (χ0) is 11.5. The first kappa shape index (κ1) is 10.1. The number of hydrogen-bond donors (Lipinski definition) is 0. The van der Waals surface area contributed by atoms with Crippen LogP contribution in [0.4, 0.5) is 0 Å². The summed E-state index contributed by atoms with van der Waals surface area (Å²) in [7, 11) is 0. The molecule has 1 heterocycles. The van der Waals surface area contributed by atoms with Crippen molar-refractivity contribution in [1.82, 2.24) is 0 Å². The summed E-state index contributed by atoms with van der Waals surface area (Å²) in [4.78, 5) is 32.7. The smallest absolute Gasteiger partial charge is 0.348 e. The van der Waals surface area contributed by atoms with Crippen LogP contribution in [0.1, 0.15) is 32.7 Å². The molecule has 1 aliphatic heterocycles. The van der Waals surface area contributed by atoms with E-state index in [-0.39, 0.29) is 17.5 Å². The number of cyclic esters (lactones) is 2. The van der Waals surface area contributed by atoms with Crippen LogP contribution < -0.4 is 0 Å². The largest absolute Gasteiger partial charge is 0.386 e. The highest BCUT2D eigenvalue weighted by atomic mass is 16.6. The molecular weight excluding hydrogens is 208 g/mol. The van der Waals surface area contributed by atoms with E-state index in [0.29, 0.717) is 11.8 Å². The van der Waals surface area contributed by atoms with Crippen LogP contribution in [0.5, 0.6) is 0 Å². The molecule has 0 fully saturated rings. The molecule has 0 radical (unpaired) electrons. The normalized spacial score (nSPS) is 12.5. The van der Waals surface area contributed by atoms with Gasteiger partial charge in [-0.1, -0.05) is 17.9 Å². The topological polar surface area (TPSA) is 60.4 Å². The van der Waals surface area contributed by atoms with Crippen molar-refractivity contribution in [3.05, 3.63) is 34.9 Å². The fraction of sp³-hybridized carbons (Fsp3) is 0.0833. The first-order valence-corrected chi connectivity index (χ1v) is 4.56. The molecule has 1 aromatic carbocycles. The van der Waals surface area contributed by atoms with Crippen LogP contribution >= 0.6 is 0 Å². The van der Waals surface area contributed by atoms with Gasteiger partial charge in [0.05, 0.1) is 17.5 Å². The zero-order valence-corrected chi connectivity index (χ0v) is 8.15. The standard InChI is InChI=1S/C12H6O4/c13-7-2-1-4-8-5-3-6-9-10(8)12(15)16-11(9)14/h3,5-7H,2H2.